The van der Waals surface area contributed by atoms with Gasteiger partial charge in [0.25, 0.3) is 0 Å². The summed E-state index contributed by atoms with van der Waals surface area (Å²) in [4.78, 5) is 14.5. The van der Waals surface area contributed by atoms with Crippen LogP contribution in [0.3, 0.4) is 0 Å². The summed E-state index contributed by atoms with van der Waals surface area (Å²) < 4.78 is 49.6. The van der Waals surface area contributed by atoms with Crippen molar-refractivity contribution in [3.63, 3.8) is 0 Å². The van der Waals surface area contributed by atoms with E-state index in [-0.39, 0.29) is 18.8 Å². The molecule has 2 rings (SSSR count). The van der Waals surface area contributed by atoms with Crippen molar-refractivity contribution in [1.29, 1.82) is 0 Å². The van der Waals surface area contributed by atoms with E-state index < -0.39 is 23.1 Å². The smallest absolute Gasteiger partial charge is 0.417 e. The first kappa shape index (κ1) is 19.7. The number of carbonyl (C=O) groups is 1. The number of nitrogen functional groups attached to an aromatic ring is 1. The summed E-state index contributed by atoms with van der Waals surface area (Å²) in [6.07, 6.45) is -3.41. The number of anilines is 1. The van der Waals surface area contributed by atoms with E-state index >= 15 is 0 Å². The molecule has 1 aromatic carbocycles. The number of alkyl halides is 3. The maximum absolute atomic E-state index is 12.9. The van der Waals surface area contributed by atoms with Gasteiger partial charge in [-0.2, -0.15) is 18.2 Å². The summed E-state index contributed by atoms with van der Waals surface area (Å²) >= 11 is 0. The Morgan fingerprint density at radius 1 is 1.12 bits per heavy atom. The highest BCUT2D eigenvalue weighted by molar-refractivity contribution is 5.84. The average Bonchev–Trinajstić information content (AvgIpc) is 2.60. The van der Waals surface area contributed by atoms with Crippen LogP contribution < -0.4 is 10.5 Å². The van der Waals surface area contributed by atoms with Crippen molar-refractivity contribution in [3.8, 4) is 5.88 Å². The van der Waals surface area contributed by atoms with E-state index in [0.29, 0.717) is 32.1 Å². The van der Waals surface area contributed by atoms with Crippen molar-refractivity contribution in [2.45, 2.75) is 25.6 Å². The number of carbonyl (C=O) groups excluding carboxylic acids is 1. The number of rotatable bonds is 9. The number of benzene rings is 1. The predicted octanol–water partition coefficient (Wildman–Crippen LogP) is 3.87. The lowest BCUT2D eigenvalue weighted by Crippen LogP contribution is -2.13. The van der Waals surface area contributed by atoms with Gasteiger partial charge in [0.15, 0.2) is 6.29 Å². The molecule has 8 heteroatoms. The van der Waals surface area contributed by atoms with Gasteiger partial charge in [-0.25, -0.2) is 0 Å². The highest BCUT2D eigenvalue weighted by Crippen LogP contribution is 2.35. The van der Waals surface area contributed by atoms with Crippen molar-refractivity contribution in [3.05, 3.63) is 53.1 Å². The number of aromatic nitrogens is 1. The number of ether oxygens (including phenoxy) is 2. The van der Waals surface area contributed by atoms with E-state index in [1.165, 1.54) is 0 Å². The van der Waals surface area contributed by atoms with Crippen LogP contribution in [0, 0.1) is 0 Å². The van der Waals surface area contributed by atoms with E-state index in [2.05, 4.69) is 4.98 Å². The summed E-state index contributed by atoms with van der Waals surface area (Å²) in [7, 11) is 0. The molecular formula is C18H19F3N2O3. The number of hydrogen-bond acceptors (Lipinski definition) is 5. The van der Waals surface area contributed by atoms with Crippen molar-refractivity contribution < 1.29 is 27.4 Å². The molecule has 5 nitrogen and oxygen atoms in total. The second kappa shape index (κ2) is 9.19. The molecule has 0 spiro atoms. The second-order valence-electron chi connectivity index (χ2n) is 5.52. The molecule has 0 aliphatic carbocycles. The third-order valence-corrected chi connectivity index (χ3v) is 3.53. The first-order valence-electron chi connectivity index (χ1n) is 7.99. The van der Waals surface area contributed by atoms with Crippen LogP contribution in [-0.4, -0.2) is 24.5 Å². The molecule has 0 radical (unpaired) electrons. The second-order valence-corrected chi connectivity index (χ2v) is 5.52. The summed E-state index contributed by atoms with van der Waals surface area (Å²) in [5, 5.41) is 0. The van der Waals surface area contributed by atoms with Crippen LogP contribution in [0.1, 0.15) is 34.3 Å². The molecule has 0 saturated carbocycles. The molecule has 0 bridgehead atoms. The lowest BCUT2D eigenvalue weighted by molar-refractivity contribution is -0.138. The van der Waals surface area contributed by atoms with Gasteiger partial charge in [-0.3, -0.25) is 4.79 Å². The highest BCUT2D eigenvalue weighted by Gasteiger charge is 2.35. The molecule has 2 aromatic rings. The minimum absolute atomic E-state index is 0.0407. The highest BCUT2D eigenvalue weighted by atomic mass is 19.4. The van der Waals surface area contributed by atoms with Crippen molar-refractivity contribution in [2.24, 2.45) is 0 Å². The Labute approximate surface area is 148 Å². The first-order chi connectivity index (χ1) is 12.4. The van der Waals surface area contributed by atoms with Crippen LogP contribution in [0.25, 0.3) is 0 Å². The maximum atomic E-state index is 12.9. The van der Waals surface area contributed by atoms with Crippen LogP contribution >= 0.6 is 0 Å². The third kappa shape index (κ3) is 5.73. The number of halogens is 3. The fourth-order valence-electron chi connectivity index (χ4n) is 2.23. The molecule has 26 heavy (non-hydrogen) atoms. The van der Waals surface area contributed by atoms with Gasteiger partial charge in [0, 0.05) is 12.7 Å². The summed E-state index contributed by atoms with van der Waals surface area (Å²) in [6.45, 7) is 1.17. The number of nitrogens with zero attached hydrogens (tertiary/aromatic N) is 1. The SMILES string of the molecule is Nc1nc(OCCCCOCc2ccccc2)cc(C(F)(F)F)c1C=O. The van der Waals surface area contributed by atoms with Crippen molar-refractivity contribution in [1.82, 2.24) is 4.98 Å². The molecule has 0 aliphatic rings. The van der Waals surface area contributed by atoms with E-state index in [0.717, 1.165) is 5.56 Å². The average molecular weight is 368 g/mol. The van der Waals surface area contributed by atoms with E-state index in [1.807, 2.05) is 30.3 Å². The first-order valence-corrected chi connectivity index (χ1v) is 7.99. The summed E-state index contributed by atoms with van der Waals surface area (Å²) in [5.74, 6) is -0.762. The van der Waals surface area contributed by atoms with E-state index in [4.69, 9.17) is 15.2 Å². The van der Waals surface area contributed by atoms with Crippen LogP contribution in [-0.2, 0) is 17.5 Å². The van der Waals surface area contributed by atoms with Crippen LogP contribution in [0.4, 0.5) is 19.0 Å². The number of pyridine rings is 1. The Balaban J connectivity index is 1.77. The molecule has 0 unspecified atom stereocenters. The predicted molar refractivity (Wildman–Crippen MR) is 89.9 cm³/mol. The monoisotopic (exact) mass is 368 g/mol. The number of aldehydes is 1. The topological polar surface area (TPSA) is 74.4 Å². The molecule has 0 fully saturated rings. The Kier molecular flexibility index (Phi) is 6.97. The minimum atomic E-state index is -4.71. The number of unbranched alkanes of at least 4 members (excludes halogenated alkanes) is 1. The molecule has 0 aliphatic heterocycles. The molecule has 0 atom stereocenters. The number of hydrogen-bond donors (Lipinski definition) is 1. The molecule has 1 aromatic heterocycles. The van der Waals surface area contributed by atoms with Gasteiger partial charge < -0.3 is 15.2 Å². The third-order valence-electron chi connectivity index (χ3n) is 3.53. The summed E-state index contributed by atoms with van der Waals surface area (Å²) in [5.41, 5.74) is 4.65. The normalized spacial score (nSPS) is 11.3. The Bertz CT molecular complexity index is 722. The standard InChI is InChI=1S/C18H19F3N2O3/c19-18(20,21)15-10-16(23-17(22)14(15)11-24)26-9-5-4-8-25-12-13-6-2-1-3-7-13/h1-3,6-7,10-11H,4-5,8-9,12H2,(H2,22,23). The quantitative estimate of drug-likeness (QED) is 0.537. The van der Waals surface area contributed by atoms with Gasteiger partial charge in [-0.1, -0.05) is 30.3 Å². The minimum Gasteiger partial charge on any atom is -0.478 e. The Hall–Kier alpha value is -2.61. The zero-order chi connectivity index (χ0) is 19.0. The molecule has 140 valence electrons. The van der Waals surface area contributed by atoms with Gasteiger partial charge in [0.05, 0.1) is 24.3 Å². The van der Waals surface area contributed by atoms with Crippen molar-refractivity contribution >= 4 is 12.1 Å². The Morgan fingerprint density at radius 3 is 2.46 bits per heavy atom. The van der Waals surface area contributed by atoms with Crippen LogP contribution in [0.5, 0.6) is 5.88 Å². The van der Waals surface area contributed by atoms with E-state index in [1.54, 1.807) is 0 Å². The largest absolute Gasteiger partial charge is 0.478 e. The molecule has 0 amide bonds. The molecule has 1 heterocycles. The fourth-order valence-corrected chi connectivity index (χ4v) is 2.23. The van der Waals surface area contributed by atoms with Crippen LogP contribution in [0.2, 0.25) is 0 Å². The van der Waals surface area contributed by atoms with E-state index in [9.17, 15) is 18.0 Å². The summed E-state index contributed by atoms with van der Waals surface area (Å²) in [6, 6.07) is 10.4. The maximum Gasteiger partial charge on any atom is 0.417 e. The lowest BCUT2D eigenvalue weighted by Gasteiger charge is -2.13. The van der Waals surface area contributed by atoms with Gasteiger partial charge in [0.1, 0.15) is 5.82 Å². The van der Waals surface area contributed by atoms with Crippen molar-refractivity contribution in [2.75, 3.05) is 18.9 Å². The van der Waals surface area contributed by atoms with Crippen LogP contribution in [0.15, 0.2) is 36.4 Å². The Morgan fingerprint density at radius 2 is 1.81 bits per heavy atom. The number of nitrogens with two attached hydrogens (primary N) is 1. The molecular weight excluding hydrogens is 349 g/mol. The zero-order valence-electron chi connectivity index (χ0n) is 14.0. The van der Waals surface area contributed by atoms with Gasteiger partial charge in [-0.15, -0.1) is 0 Å². The van der Waals surface area contributed by atoms with Gasteiger partial charge in [-0.05, 0) is 18.4 Å². The van der Waals surface area contributed by atoms with Gasteiger partial charge >= 0.3 is 6.18 Å². The van der Waals surface area contributed by atoms with Gasteiger partial charge in [0.2, 0.25) is 5.88 Å². The zero-order valence-corrected chi connectivity index (χ0v) is 14.0. The molecule has 0 saturated heterocycles. The lowest BCUT2D eigenvalue weighted by atomic mass is 10.1. The fraction of sp³-hybridized carbons (Fsp3) is 0.333. The molecule has 2 N–H and O–H groups in total.